The van der Waals surface area contributed by atoms with E-state index in [0.717, 1.165) is 10.9 Å². The molecule has 2 N–H and O–H groups in total. The summed E-state index contributed by atoms with van der Waals surface area (Å²) in [7, 11) is 0. The molecule has 2 aromatic heterocycles. The summed E-state index contributed by atoms with van der Waals surface area (Å²) in [6, 6.07) is 9.46. The fraction of sp³-hybridized carbons (Fsp3) is 0. The van der Waals surface area contributed by atoms with Gasteiger partial charge in [-0.15, -0.1) is 0 Å². The van der Waals surface area contributed by atoms with Crippen LogP contribution in [0.3, 0.4) is 0 Å². The Hall–Kier alpha value is -2.76. The van der Waals surface area contributed by atoms with Crippen molar-refractivity contribution < 1.29 is 9.18 Å². The minimum Gasteiger partial charge on any atom is -0.320 e. The number of carbonyl (C=O) groups is 1. The molecule has 0 saturated heterocycles. The molecule has 2 heterocycles. The number of amides is 1. The Balaban J connectivity index is 1.93. The first-order chi connectivity index (χ1) is 9.24. The standard InChI is InChI=1S/C13H9FN4O/c14-12-6-2-5-11(16-12)13(19)17-9-3-1-4-10-8(9)7-15-18-10/h1-7H,(H,15,18)(H,17,19). The van der Waals surface area contributed by atoms with Gasteiger partial charge in [-0.3, -0.25) is 9.89 Å². The van der Waals surface area contributed by atoms with E-state index in [2.05, 4.69) is 20.5 Å². The van der Waals surface area contributed by atoms with Crippen LogP contribution in [0, 0.1) is 5.95 Å². The van der Waals surface area contributed by atoms with Crippen LogP contribution in [0.2, 0.25) is 0 Å². The highest BCUT2D eigenvalue weighted by atomic mass is 19.1. The van der Waals surface area contributed by atoms with Gasteiger partial charge in [0.15, 0.2) is 0 Å². The molecule has 3 aromatic rings. The van der Waals surface area contributed by atoms with E-state index in [9.17, 15) is 9.18 Å². The summed E-state index contributed by atoms with van der Waals surface area (Å²) >= 11 is 0. The number of carbonyl (C=O) groups excluding carboxylic acids is 1. The van der Waals surface area contributed by atoms with E-state index in [1.165, 1.54) is 18.2 Å². The van der Waals surface area contributed by atoms with Crippen molar-refractivity contribution >= 4 is 22.5 Å². The predicted molar refractivity (Wildman–Crippen MR) is 68.2 cm³/mol. The van der Waals surface area contributed by atoms with Crippen LogP contribution in [0.5, 0.6) is 0 Å². The summed E-state index contributed by atoms with van der Waals surface area (Å²) in [4.78, 5) is 15.5. The highest BCUT2D eigenvalue weighted by Gasteiger charge is 2.10. The second-order valence-electron chi connectivity index (χ2n) is 3.94. The summed E-state index contributed by atoms with van der Waals surface area (Å²) in [6.45, 7) is 0. The quantitative estimate of drug-likeness (QED) is 0.691. The summed E-state index contributed by atoms with van der Waals surface area (Å²) in [6.07, 6.45) is 1.62. The summed E-state index contributed by atoms with van der Waals surface area (Å²) in [5.41, 5.74) is 1.44. The van der Waals surface area contributed by atoms with E-state index >= 15 is 0 Å². The van der Waals surface area contributed by atoms with Gasteiger partial charge in [-0.2, -0.15) is 9.49 Å². The van der Waals surface area contributed by atoms with E-state index in [1.807, 2.05) is 6.07 Å². The molecule has 0 fully saturated rings. The molecule has 5 nitrogen and oxygen atoms in total. The van der Waals surface area contributed by atoms with Gasteiger partial charge in [0.2, 0.25) is 5.95 Å². The summed E-state index contributed by atoms with van der Waals surface area (Å²) < 4.78 is 13.0. The zero-order chi connectivity index (χ0) is 13.2. The van der Waals surface area contributed by atoms with Crippen molar-refractivity contribution in [3.8, 4) is 0 Å². The van der Waals surface area contributed by atoms with Crippen LogP contribution < -0.4 is 5.32 Å². The minimum atomic E-state index is -0.686. The lowest BCUT2D eigenvalue weighted by atomic mass is 10.2. The number of hydrogen-bond acceptors (Lipinski definition) is 3. The summed E-state index contributed by atoms with van der Waals surface area (Å²) in [5, 5.41) is 10.2. The number of pyridine rings is 1. The minimum absolute atomic E-state index is 0.0282. The molecule has 0 radical (unpaired) electrons. The number of nitrogens with zero attached hydrogens (tertiary/aromatic N) is 2. The first-order valence-corrected chi connectivity index (χ1v) is 5.60. The van der Waals surface area contributed by atoms with Gasteiger partial charge in [-0.25, -0.2) is 4.98 Å². The zero-order valence-corrected chi connectivity index (χ0v) is 9.72. The van der Waals surface area contributed by atoms with Crippen molar-refractivity contribution in [2.45, 2.75) is 0 Å². The lowest BCUT2D eigenvalue weighted by Gasteiger charge is -2.05. The second kappa shape index (κ2) is 4.49. The van der Waals surface area contributed by atoms with Gasteiger partial charge in [0.25, 0.3) is 5.91 Å². The number of aromatic amines is 1. The van der Waals surface area contributed by atoms with Crippen molar-refractivity contribution in [1.29, 1.82) is 0 Å². The van der Waals surface area contributed by atoms with Gasteiger partial charge in [0.05, 0.1) is 17.4 Å². The number of nitrogens with one attached hydrogen (secondary N) is 2. The predicted octanol–water partition coefficient (Wildman–Crippen LogP) is 2.35. The lowest BCUT2D eigenvalue weighted by Crippen LogP contribution is -2.14. The molecular formula is C13H9FN4O. The maximum absolute atomic E-state index is 13.0. The van der Waals surface area contributed by atoms with E-state index in [4.69, 9.17) is 0 Å². The SMILES string of the molecule is O=C(Nc1cccc2[nH]ncc12)c1cccc(F)n1. The van der Waals surface area contributed by atoms with E-state index in [1.54, 1.807) is 18.3 Å². The molecule has 1 amide bonds. The highest BCUT2D eigenvalue weighted by molar-refractivity contribution is 6.07. The Bertz CT molecular complexity index is 753. The maximum atomic E-state index is 13.0. The molecule has 19 heavy (non-hydrogen) atoms. The third-order valence-corrected chi connectivity index (χ3v) is 2.68. The monoisotopic (exact) mass is 256 g/mol. The number of rotatable bonds is 2. The first kappa shape index (κ1) is 11.3. The van der Waals surface area contributed by atoms with E-state index < -0.39 is 11.9 Å². The number of benzene rings is 1. The molecule has 0 unspecified atom stereocenters. The molecule has 1 aromatic carbocycles. The Kier molecular flexibility index (Phi) is 2.68. The van der Waals surface area contributed by atoms with Crippen molar-refractivity contribution in [1.82, 2.24) is 15.2 Å². The smallest absolute Gasteiger partial charge is 0.274 e. The van der Waals surface area contributed by atoms with Crippen molar-refractivity contribution in [2.24, 2.45) is 0 Å². The molecule has 0 aliphatic rings. The average Bonchev–Trinajstić information content (AvgIpc) is 2.88. The molecule has 0 aliphatic carbocycles. The van der Waals surface area contributed by atoms with Gasteiger partial charge in [-0.1, -0.05) is 12.1 Å². The average molecular weight is 256 g/mol. The Labute approximate surface area is 107 Å². The van der Waals surface area contributed by atoms with Crippen molar-refractivity contribution in [3.05, 3.63) is 54.2 Å². The second-order valence-corrected chi connectivity index (χ2v) is 3.94. The Morgan fingerprint density at radius 1 is 1.21 bits per heavy atom. The number of H-pyrrole nitrogens is 1. The number of anilines is 1. The molecule has 94 valence electrons. The third-order valence-electron chi connectivity index (χ3n) is 2.68. The molecule has 0 spiro atoms. The molecule has 0 atom stereocenters. The van der Waals surface area contributed by atoms with Gasteiger partial charge < -0.3 is 5.32 Å². The van der Waals surface area contributed by atoms with Crippen LogP contribution in [-0.2, 0) is 0 Å². The normalized spacial score (nSPS) is 10.6. The number of hydrogen-bond donors (Lipinski definition) is 2. The lowest BCUT2D eigenvalue weighted by molar-refractivity contribution is 0.102. The van der Waals surface area contributed by atoms with Crippen LogP contribution in [0.15, 0.2) is 42.6 Å². The fourth-order valence-electron chi connectivity index (χ4n) is 1.80. The van der Waals surface area contributed by atoms with Crippen LogP contribution >= 0.6 is 0 Å². The van der Waals surface area contributed by atoms with Crippen molar-refractivity contribution in [3.63, 3.8) is 0 Å². The van der Waals surface area contributed by atoms with Crippen molar-refractivity contribution in [2.75, 3.05) is 5.32 Å². The van der Waals surface area contributed by atoms with Crippen LogP contribution in [0.4, 0.5) is 10.1 Å². The van der Waals surface area contributed by atoms with Crippen LogP contribution in [-0.4, -0.2) is 21.1 Å². The largest absolute Gasteiger partial charge is 0.320 e. The van der Waals surface area contributed by atoms with Crippen LogP contribution in [0.1, 0.15) is 10.5 Å². The Morgan fingerprint density at radius 2 is 2.05 bits per heavy atom. The summed E-state index contributed by atoms with van der Waals surface area (Å²) in [5.74, 6) is -1.15. The van der Waals surface area contributed by atoms with Crippen LogP contribution in [0.25, 0.3) is 10.9 Å². The molecule has 3 rings (SSSR count). The topological polar surface area (TPSA) is 70.7 Å². The third kappa shape index (κ3) is 2.15. The molecule has 0 bridgehead atoms. The molecule has 6 heteroatoms. The molecule has 0 saturated carbocycles. The number of aromatic nitrogens is 3. The number of halogens is 1. The Morgan fingerprint density at radius 3 is 2.89 bits per heavy atom. The molecule has 0 aliphatic heterocycles. The highest BCUT2D eigenvalue weighted by Crippen LogP contribution is 2.21. The van der Waals surface area contributed by atoms with Gasteiger partial charge >= 0.3 is 0 Å². The van der Waals surface area contributed by atoms with Gasteiger partial charge in [-0.05, 0) is 24.3 Å². The van der Waals surface area contributed by atoms with E-state index in [0.29, 0.717) is 5.69 Å². The molecular weight excluding hydrogens is 247 g/mol. The van der Waals surface area contributed by atoms with Gasteiger partial charge in [0, 0.05) is 5.39 Å². The maximum Gasteiger partial charge on any atom is 0.274 e. The number of fused-ring (bicyclic) bond motifs is 1. The van der Waals surface area contributed by atoms with E-state index in [-0.39, 0.29) is 5.69 Å². The zero-order valence-electron chi connectivity index (χ0n) is 9.72. The van der Waals surface area contributed by atoms with Gasteiger partial charge in [0.1, 0.15) is 5.69 Å². The fourth-order valence-corrected chi connectivity index (χ4v) is 1.80. The first-order valence-electron chi connectivity index (χ1n) is 5.60.